The molecule has 0 atom stereocenters. The molecule has 6 nitrogen and oxygen atoms in total. The number of nitrogens with zero attached hydrogens (tertiary/aromatic N) is 1. The largest absolute Gasteiger partial charge is 0.349 e. The Morgan fingerprint density at radius 1 is 0.864 bits per heavy atom. The molecule has 0 saturated heterocycles. The van der Waals surface area contributed by atoms with Gasteiger partial charge in [-0.15, -0.1) is 12.6 Å². The van der Waals surface area contributed by atoms with Crippen molar-refractivity contribution in [1.82, 2.24) is 5.32 Å². The molecule has 0 aromatic heterocycles. The van der Waals surface area contributed by atoms with Crippen molar-refractivity contribution < 1.29 is 18.8 Å². The van der Waals surface area contributed by atoms with Crippen LogP contribution in [0.25, 0.3) is 17.2 Å². The van der Waals surface area contributed by atoms with Gasteiger partial charge in [0, 0.05) is 29.4 Å². The third kappa shape index (κ3) is 6.66. The van der Waals surface area contributed by atoms with Crippen LogP contribution in [0, 0.1) is 5.82 Å². The number of hydrogen-bond donors (Lipinski definition) is 3. The van der Waals surface area contributed by atoms with Gasteiger partial charge >= 0.3 is 0 Å². The summed E-state index contributed by atoms with van der Waals surface area (Å²) in [4.78, 5) is 41.5. The van der Waals surface area contributed by atoms with E-state index in [2.05, 4.69) is 23.3 Å². The first-order chi connectivity index (χ1) is 21.4. The highest BCUT2D eigenvalue weighted by atomic mass is 32.1. The van der Waals surface area contributed by atoms with Gasteiger partial charge in [-0.3, -0.25) is 14.4 Å². The van der Waals surface area contributed by atoms with Gasteiger partial charge in [0.15, 0.2) is 0 Å². The lowest BCUT2D eigenvalue weighted by Gasteiger charge is -2.23. The standard InChI is InChI=1S/C36H30FN3O3S/c37-27-13-9-24(10-14-27)30-6-2-3-7-31(30)34(41)38-28-15-11-25(12-16-28)36(43)40-20-19-23(21-26-5-1-4-8-32(26)40)22-33(44)35(42)39-29-17-18-29/h1-16,21-22,29,44H,17-20H2,(H,38,41)(H,39,42)/b33-22-. The number of hydrogen-bond acceptors (Lipinski definition) is 4. The van der Waals surface area contributed by atoms with Crippen LogP contribution in [0.1, 0.15) is 45.5 Å². The Hall–Kier alpha value is -4.95. The molecule has 2 aliphatic rings. The average molecular weight is 604 g/mol. The number of carbonyl (C=O) groups excluding carboxylic acids is 3. The van der Waals surface area contributed by atoms with Gasteiger partial charge in [-0.05, 0) is 102 Å². The second-order valence-electron chi connectivity index (χ2n) is 10.8. The van der Waals surface area contributed by atoms with Crippen LogP contribution in [0.15, 0.2) is 114 Å². The Balaban J connectivity index is 1.17. The zero-order valence-electron chi connectivity index (χ0n) is 23.8. The van der Waals surface area contributed by atoms with Crippen molar-refractivity contribution in [2.45, 2.75) is 25.3 Å². The van der Waals surface area contributed by atoms with Crippen molar-refractivity contribution in [3.05, 3.63) is 136 Å². The molecule has 3 amide bonds. The molecule has 8 heteroatoms. The Morgan fingerprint density at radius 2 is 1.57 bits per heavy atom. The molecule has 0 bridgehead atoms. The van der Waals surface area contributed by atoms with E-state index in [0.29, 0.717) is 40.2 Å². The molecule has 1 heterocycles. The molecule has 0 spiro atoms. The number of carbonyl (C=O) groups is 3. The highest BCUT2D eigenvalue weighted by Crippen LogP contribution is 2.31. The van der Waals surface area contributed by atoms with Crippen LogP contribution >= 0.6 is 12.6 Å². The summed E-state index contributed by atoms with van der Waals surface area (Å²) in [7, 11) is 0. The third-order valence-corrected chi connectivity index (χ3v) is 7.95. The van der Waals surface area contributed by atoms with Crippen molar-refractivity contribution in [3.8, 4) is 11.1 Å². The van der Waals surface area contributed by atoms with Crippen molar-refractivity contribution in [2.24, 2.45) is 0 Å². The summed E-state index contributed by atoms with van der Waals surface area (Å²) in [5.41, 5.74) is 5.44. The number of fused-ring (bicyclic) bond motifs is 1. The third-order valence-electron chi connectivity index (χ3n) is 7.62. The molecule has 44 heavy (non-hydrogen) atoms. The lowest BCUT2D eigenvalue weighted by atomic mass is 9.99. The SMILES string of the molecule is O=C(NC1CC1)/C(S)=C/C1=Cc2ccccc2N(C(=O)c2ccc(NC(=O)c3ccccc3-c3ccc(F)cc3)cc2)CC1. The van der Waals surface area contributed by atoms with E-state index in [0.717, 1.165) is 35.2 Å². The number of benzene rings is 4. The predicted molar refractivity (Wildman–Crippen MR) is 175 cm³/mol. The lowest BCUT2D eigenvalue weighted by Crippen LogP contribution is -2.32. The van der Waals surface area contributed by atoms with E-state index < -0.39 is 0 Å². The quantitative estimate of drug-likeness (QED) is 0.154. The highest BCUT2D eigenvalue weighted by Gasteiger charge is 2.25. The number of halogens is 1. The fourth-order valence-electron chi connectivity index (χ4n) is 5.15. The van der Waals surface area contributed by atoms with Crippen LogP contribution in [0.2, 0.25) is 0 Å². The second-order valence-corrected chi connectivity index (χ2v) is 11.3. The lowest BCUT2D eigenvalue weighted by molar-refractivity contribution is -0.116. The average Bonchev–Trinajstić information content (AvgIpc) is 3.88. The maximum absolute atomic E-state index is 13.8. The Morgan fingerprint density at radius 3 is 2.32 bits per heavy atom. The molecule has 4 aromatic rings. The minimum atomic E-state index is -0.345. The molecule has 1 saturated carbocycles. The number of thiol groups is 1. The van der Waals surface area contributed by atoms with Crippen LogP contribution in [-0.4, -0.2) is 30.3 Å². The zero-order valence-corrected chi connectivity index (χ0v) is 24.7. The summed E-state index contributed by atoms with van der Waals surface area (Å²) in [6, 6.07) is 27.8. The van der Waals surface area contributed by atoms with Gasteiger partial charge in [0.25, 0.3) is 17.7 Å². The van der Waals surface area contributed by atoms with Gasteiger partial charge in [0.05, 0.1) is 10.6 Å². The second kappa shape index (κ2) is 12.7. The first kappa shape index (κ1) is 29.1. The van der Waals surface area contributed by atoms with Crippen molar-refractivity contribution in [2.75, 3.05) is 16.8 Å². The minimum Gasteiger partial charge on any atom is -0.349 e. The molecule has 0 unspecified atom stereocenters. The van der Waals surface area contributed by atoms with Gasteiger partial charge in [-0.2, -0.15) is 0 Å². The maximum atomic E-state index is 13.8. The number of amides is 3. The molecule has 2 N–H and O–H groups in total. The fraction of sp³-hybridized carbons (Fsp3) is 0.139. The molecule has 6 rings (SSSR count). The van der Waals surface area contributed by atoms with E-state index in [1.807, 2.05) is 42.5 Å². The predicted octanol–water partition coefficient (Wildman–Crippen LogP) is 7.27. The van der Waals surface area contributed by atoms with Crippen molar-refractivity contribution in [3.63, 3.8) is 0 Å². The Labute approximate surface area is 260 Å². The summed E-state index contributed by atoms with van der Waals surface area (Å²) in [5.74, 6) is -1.02. The summed E-state index contributed by atoms with van der Waals surface area (Å²) in [6.07, 6.45) is 6.31. The Kier molecular flexibility index (Phi) is 8.43. The monoisotopic (exact) mass is 603 g/mol. The van der Waals surface area contributed by atoms with Gasteiger partial charge in [0.1, 0.15) is 5.82 Å². The summed E-state index contributed by atoms with van der Waals surface area (Å²) < 4.78 is 13.4. The van der Waals surface area contributed by atoms with E-state index in [1.165, 1.54) is 12.1 Å². The maximum Gasteiger partial charge on any atom is 0.258 e. The summed E-state index contributed by atoms with van der Waals surface area (Å²) in [6.45, 7) is 0.419. The molecule has 4 aromatic carbocycles. The topological polar surface area (TPSA) is 78.5 Å². The highest BCUT2D eigenvalue weighted by molar-refractivity contribution is 7.85. The number of allylic oxidation sites excluding steroid dienone is 1. The first-order valence-electron chi connectivity index (χ1n) is 14.4. The summed E-state index contributed by atoms with van der Waals surface area (Å²) >= 11 is 4.43. The molecule has 1 aliphatic carbocycles. The van der Waals surface area contributed by atoms with E-state index >= 15 is 0 Å². The van der Waals surface area contributed by atoms with Gasteiger partial charge in [0.2, 0.25) is 0 Å². The molecule has 0 radical (unpaired) electrons. The normalized spacial score (nSPS) is 14.6. The van der Waals surface area contributed by atoms with Crippen LogP contribution in [0.3, 0.4) is 0 Å². The van der Waals surface area contributed by atoms with Crippen molar-refractivity contribution in [1.29, 1.82) is 0 Å². The number of nitrogens with one attached hydrogen (secondary N) is 2. The minimum absolute atomic E-state index is 0.173. The smallest absolute Gasteiger partial charge is 0.258 e. The van der Waals surface area contributed by atoms with Crippen LogP contribution in [0.4, 0.5) is 15.8 Å². The Bertz CT molecular complexity index is 1790. The van der Waals surface area contributed by atoms with E-state index in [1.54, 1.807) is 59.5 Å². The van der Waals surface area contributed by atoms with E-state index in [-0.39, 0.29) is 29.6 Å². The molecule has 220 valence electrons. The number of para-hydroxylation sites is 1. The molecular formula is C36H30FN3O3S. The van der Waals surface area contributed by atoms with Crippen molar-refractivity contribution >= 4 is 47.8 Å². The van der Waals surface area contributed by atoms with Crippen LogP contribution < -0.4 is 15.5 Å². The van der Waals surface area contributed by atoms with Crippen LogP contribution in [-0.2, 0) is 4.79 Å². The van der Waals surface area contributed by atoms with E-state index in [9.17, 15) is 18.8 Å². The van der Waals surface area contributed by atoms with Gasteiger partial charge in [-0.25, -0.2) is 4.39 Å². The van der Waals surface area contributed by atoms with Crippen LogP contribution in [0.5, 0.6) is 0 Å². The molecule has 1 fully saturated rings. The first-order valence-corrected chi connectivity index (χ1v) is 14.9. The van der Waals surface area contributed by atoms with E-state index in [4.69, 9.17) is 0 Å². The zero-order chi connectivity index (χ0) is 30.6. The number of anilines is 2. The van der Waals surface area contributed by atoms with Gasteiger partial charge in [-0.1, -0.05) is 48.5 Å². The molecule has 1 aliphatic heterocycles. The fourth-order valence-corrected chi connectivity index (χ4v) is 5.38. The van der Waals surface area contributed by atoms with Gasteiger partial charge < -0.3 is 15.5 Å². The number of rotatable bonds is 7. The summed E-state index contributed by atoms with van der Waals surface area (Å²) in [5, 5.41) is 5.86. The molecular weight excluding hydrogens is 573 g/mol.